The van der Waals surface area contributed by atoms with Gasteiger partial charge in [-0.05, 0) is 49.2 Å². The molecule has 7 heteroatoms. The summed E-state index contributed by atoms with van der Waals surface area (Å²) in [6.07, 6.45) is 1.18. The van der Waals surface area contributed by atoms with Gasteiger partial charge in [-0.2, -0.15) is 0 Å². The van der Waals surface area contributed by atoms with Crippen molar-refractivity contribution in [1.82, 2.24) is 4.90 Å². The molecule has 6 nitrogen and oxygen atoms in total. The molecule has 2 aromatic rings. The SMILES string of the molecule is O=C(O)CN(C(=O)c1ccc(-c2ccc(F)cc2)o1)C1CCOCC1. The lowest BCUT2D eigenvalue weighted by atomic mass is 10.1. The summed E-state index contributed by atoms with van der Waals surface area (Å²) in [5.74, 6) is -1.43. The lowest BCUT2D eigenvalue weighted by Gasteiger charge is -2.32. The number of carboxylic acids is 1. The Hall–Kier alpha value is -2.67. The minimum Gasteiger partial charge on any atom is -0.480 e. The molecule has 0 bridgehead atoms. The molecular formula is C18H18FNO5. The Morgan fingerprint density at radius 2 is 1.80 bits per heavy atom. The summed E-state index contributed by atoms with van der Waals surface area (Å²) >= 11 is 0. The molecule has 3 rings (SSSR count). The zero-order valence-corrected chi connectivity index (χ0v) is 13.5. The fourth-order valence-electron chi connectivity index (χ4n) is 2.87. The number of furan rings is 1. The highest BCUT2D eigenvalue weighted by molar-refractivity contribution is 5.94. The van der Waals surface area contributed by atoms with Crippen LogP contribution in [0.4, 0.5) is 4.39 Å². The second kappa shape index (κ2) is 7.48. The second-order valence-corrected chi connectivity index (χ2v) is 5.84. The zero-order chi connectivity index (χ0) is 17.8. The van der Waals surface area contributed by atoms with Crippen LogP contribution in [0.5, 0.6) is 0 Å². The van der Waals surface area contributed by atoms with E-state index in [9.17, 15) is 14.0 Å². The molecule has 0 spiro atoms. The Labute approximate surface area is 143 Å². The largest absolute Gasteiger partial charge is 0.480 e. The molecule has 0 aliphatic carbocycles. The summed E-state index contributed by atoms with van der Waals surface area (Å²) < 4.78 is 23.9. The van der Waals surface area contributed by atoms with Crippen molar-refractivity contribution in [2.24, 2.45) is 0 Å². The zero-order valence-electron chi connectivity index (χ0n) is 13.5. The number of nitrogens with zero attached hydrogens (tertiary/aromatic N) is 1. The van der Waals surface area contributed by atoms with Crippen molar-refractivity contribution in [3.63, 3.8) is 0 Å². The van der Waals surface area contributed by atoms with Crippen LogP contribution in [-0.4, -0.2) is 47.7 Å². The van der Waals surface area contributed by atoms with Gasteiger partial charge in [-0.15, -0.1) is 0 Å². The van der Waals surface area contributed by atoms with Crippen molar-refractivity contribution in [3.8, 4) is 11.3 Å². The molecule has 1 aliphatic heterocycles. The summed E-state index contributed by atoms with van der Waals surface area (Å²) in [5, 5.41) is 9.13. The van der Waals surface area contributed by atoms with Crippen molar-refractivity contribution >= 4 is 11.9 Å². The van der Waals surface area contributed by atoms with Gasteiger partial charge in [0.05, 0.1) is 0 Å². The van der Waals surface area contributed by atoms with Crippen LogP contribution in [0.3, 0.4) is 0 Å². The Kier molecular flexibility index (Phi) is 5.14. The van der Waals surface area contributed by atoms with E-state index in [1.54, 1.807) is 18.2 Å². The number of halogens is 1. The molecule has 2 heterocycles. The van der Waals surface area contributed by atoms with Gasteiger partial charge < -0.3 is 19.2 Å². The van der Waals surface area contributed by atoms with Gasteiger partial charge in [0, 0.05) is 24.8 Å². The van der Waals surface area contributed by atoms with Crippen molar-refractivity contribution < 1.29 is 28.2 Å². The van der Waals surface area contributed by atoms with Crippen LogP contribution in [0.25, 0.3) is 11.3 Å². The van der Waals surface area contributed by atoms with Gasteiger partial charge in [0.15, 0.2) is 5.76 Å². The van der Waals surface area contributed by atoms with E-state index in [1.807, 2.05) is 0 Å². The third kappa shape index (κ3) is 4.06. The van der Waals surface area contributed by atoms with Crippen LogP contribution in [0.1, 0.15) is 23.4 Å². The molecule has 0 saturated carbocycles. The quantitative estimate of drug-likeness (QED) is 0.900. The molecule has 0 atom stereocenters. The average Bonchev–Trinajstić information content (AvgIpc) is 3.10. The number of amides is 1. The van der Waals surface area contributed by atoms with E-state index in [4.69, 9.17) is 14.3 Å². The highest BCUT2D eigenvalue weighted by atomic mass is 19.1. The summed E-state index contributed by atoms with van der Waals surface area (Å²) in [7, 11) is 0. The molecule has 25 heavy (non-hydrogen) atoms. The van der Waals surface area contributed by atoms with Crippen LogP contribution < -0.4 is 0 Å². The third-order valence-corrected chi connectivity index (χ3v) is 4.14. The summed E-state index contributed by atoms with van der Waals surface area (Å²) in [5.41, 5.74) is 0.635. The van der Waals surface area contributed by atoms with Crippen LogP contribution in [0.2, 0.25) is 0 Å². The van der Waals surface area contributed by atoms with Gasteiger partial charge in [-0.1, -0.05) is 0 Å². The number of hydrogen-bond acceptors (Lipinski definition) is 4. The van der Waals surface area contributed by atoms with Gasteiger partial charge in [0.2, 0.25) is 0 Å². The van der Waals surface area contributed by atoms with Crippen LogP contribution in [0.15, 0.2) is 40.8 Å². The Balaban J connectivity index is 1.81. The first kappa shape index (κ1) is 17.2. The predicted molar refractivity (Wildman–Crippen MR) is 86.6 cm³/mol. The molecule has 1 aromatic heterocycles. The Morgan fingerprint density at radius 1 is 1.12 bits per heavy atom. The average molecular weight is 347 g/mol. The van der Waals surface area contributed by atoms with Gasteiger partial charge in [0.1, 0.15) is 18.1 Å². The molecule has 132 valence electrons. The number of benzene rings is 1. The summed E-state index contributed by atoms with van der Waals surface area (Å²) in [4.78, 5) is 25.2. The van der Waals surface area contributed by atoms with E-state index in [0.717, 1.165) is 0 Å². The number of carbonyl (C=O) groups excluding carboxylic acids is 1. The summed E-state index contributed by atoms with van der Waals surface area (Å²) in [6, 6.07) is 8.64. The van der Waals surface area contributed by atoms with E-state index in [0.29, 0.717) is 37.4 Å². The number of rotatable bonds is 5. The first-order chi connectivity index (χ1) is 12.0. The fraction of sp³-hybridized carbons (Fsp3) is 0.333. The molecule has 0 unspecified atom stereocenters. The van der Waals surface area contributed by atoms with E-state index in [-0.39, 0.29) is 17.6 Å². The minimum atomic E-state index is -1.08. The normalized spacial score (nSPS) is 15.1. The number of aliphatic carboxylic acids is 1. The molecule has 1 N–H and O–H groups in total. The number of carbonyl (C=O) groups is 2. The first-order valence-electron chi connectivity index (χ1n) is 8.01. The van der Waals surface area contributed by atoms with Crippen LogP contribution >= 0.6 is 0 Å². The maximum absolute atomic E-state index is 13.0. The van der Waals surface area contributed by atoms with Crippen molar-refractivity contribution in [2.75, 3.05) is 19.8 Å². The molecule has 1 aliphatic rings. The number of hydrogen-bond donors (Lipinski definition) is 1. The van der Waals surface area contributed by atoms with Gasteiger partial charge in [0.25, 0.3) is 5.91 Å². The van der Waals surface area contributed by atoms with Gasteiger partial charge >= 0.3 is 5.97 Å². The second-order valence-electron chi connectivity index (χ2n) is 5.84. The number of ether oxygens (including phenoxy) is 1. The highest BCUT2D eigenvalue weighted by Gasteiger charge is 2.30. The third-order valence-electron chi connectivity index (χ3n) is 4.14. The van der Waals surface area contributed by atoms with E-state index >= 15 is 0 Å². The van der Waals surface area contributed by atoms with Crippen molar-refractivity contribution in [1.29, 1.82) is 0 Å². The maximum atomic E-state index is 13.0. The van der Waals surface area contributed by atoms with Crippen LogP contribution in [0, 0.1) is 5.82 Å². The van der Waals surface area contributed by atoms with E-state index < -0.39 is 18.4 Å². The molecule has 1 saturated heterocycles. The summed E-state index contributed by atoms with van der Waals surface area (Å²) in [6.45, 7) is 0.593. The van der Waals surface area contributed by atoms with Crippen molar-refractivity contribution in [3.05, 3.63) is 48.0 Å². The predicted octanol–water partition coefficient (Wildman–Crippen LogP) is 2.79. The number of carboxylic acid groups (broad SMARTS) is 1. The topological polar surface area (TPSA) is 80.0 Å². The highest BCUT2D eigenvalue weighted by Crippen LogP contribution is 2.24. The molecule has 1 fully saturated rings. The Morgan fingerprint density at radius 3 is 2.44 bits per heavy atom. The smallest absolute Gasteiger partial charge is 0.323 e. The standard InChI is InChI=1S/C18H18FNO5/c19-13-3-1-12(2-4-13)15-5-6-16(25-15)18(23)20(11-17(21)22)14-7-9-24-10-8-14/h1-6,14H,7-11H2,(H,21,22). The monoisotopic (exact) mass is 347 g/mol. The Bertz CT molecular complexity index is 749. The van der Waals surface area contributed by atoms with Crippen molar-refractivity contribution in [2.45, 2.75) is 18.9 Å². The molecule has 0 radical (unpaired) electrons. The van der Waals surface area contributed by atoms with E-state index in [1.165, 1.54) is 23.1 Å². The minimum absolute atomic E-state index is 0.0621. The lowest BCUT2D eigenvalue weighted by molar-refractivity contribution is -0.138. The van der Waals surface area contributed by atoms with Crippen LogP contribution in [-0.2, 0) is 9.53 Å². The molecule has 1 amide bonds. The van der Waals surface area contributed by atoms with Gasteiger partial charge in [-0.3, -0.25) is 9.59 Å². The lowest BCUT2D eigenvalue weighted by Crippen LogP contribution is -2.45. The first-order valence-corrected chi connectivity index (χ1v) is 8.01. The van der Waals surface area contributed by atoms with E-state index in [2.05, 4.69) is 0 Å². The van der Waals surface area contributed by atoms with Gasteiger partial charge in [-0.25, -0.2) is 4.39 Å². The molecular weight excluding hydrogens is 329 g/mol. The maximum Gasteiger partial charge on any atom is 0.323 e. The molecule has 1 aromatic carbocycles. The fourth-order valence-corrected chi connectivity index (χ4v) is 2.87.